The summed E-state index contributed by atoms with van der Waals surface area (Å²) in [5.41, 5.74) is 2.14. The molecule has 102 valence electrons. The van der Waals surface area contributed by atoms with Gasteiger partial charge in [-0.25, -0.2) is 4.39 Å². The molecule has 0 unspecified atom stereocenters. The highest BCUT2D eigenvalue weighted by Gasteiger charge is 2.02. The van der Waals surface area contributed by atoms with Gasteiger partial charge < -0.3 is 10.2 Å². The molecule has 0 radical (unpaired) electrons. The molecule has 0 aliphatic heterocycles. The fraction of sp³-hybridized carbons (Fsp3) is 0.286. The number of hydrogen-bond donors (Lipinski definition) is 1. The minimum atomic E-state index is -0.207. The molecule has 2 aromatic rings. The number of nitrogens with zero attached hydrogens (tertiary/aromatic N) is 1. The monoisotopic (exact) mass is 342 g/mol. The first kappa shape index (κ1) is 14.5. The van der Waals surface area contributed by atoms with Gasteiger partial charge in [-0.1, -0.05) is 6.07 Å². The second-order valence-corrected chi connectivity index (χ2v) is 6.72. The normalized spacial score (nSPS) is 10.9. The number of halogens is 2. The molecule has 0 atom stereocenters. The Bertz CT molecular complexity index is 530. The van der Waals surface area contributed by atoms with Crippen molar-refractivity contribution in [3.8, 4) is 0 Å². The molecule has 0 spiro atoms. The van der Waals surface area contributed by atoms with Crippen molar-refractivity contribution in [2.45, 2.75) is 6.54 Å². The minimum absolute atomic E-state index is 0.207. The summed E-state index contributed by atoms with van der Waals surface area (Å²) in [6, 6.07) is 8.69. The Kier molecular flexibility index (Phi) is 5.36. The van der Waals surface area contributed by atoms with E-state index in [2.05, 4.69) is 44.6 Å². The third-order valence-electron chi connectivity index (χ3n) is 2.72. The number of anilines is 1. The number of likely N-dealkylation sites (N-methyl/N-ethyl adjacent to an activating group) is 1. The van der Waals surface area contributed by atoms with Crippen molar-refractivity contribution in [2.75, 3.05) is 25.5 Å². The highest BCUT2D eigenvalue weighted by Crippen LogP contribution is 2.21. The zero-order valence-corrected chi connectivity index (χ0v) is 13.1. The zero-order chi connectivity index (χ0) is 13.7. The van der Waals surface area contributed by atoms with E-state index in [1.54, 1.807) is 17.4 Å². The van der Waals surface area contributed by atoms with Gasteiger partial charge in [0.1, 0.15) is 5.82 Å². The predicted octanol–water partition coefficient (Wildman–Crippen LogP) is 4.19. The minimum Gasteiger partial charge on any atom is -0.384 e. The van der Waals surface area contributed by atoms with E-state index in [1.165, 1.54) is 17.7 Å². The van der Waals surface area contributed by atoms with Crippen LogP contribution in [0, 0.1) is 5.82 Å². The second-order valence-electron chi connectivity index (χ2n) is 4.43. The summed E-state index contributed by atoms with van der Waals surface area (Å²) in [5, 5.41) is 5.37. The van der Waals surface area contributed by atoms with Gasteiger partial charge in [0, 0.05) is 25.3 Å². The van der Waals surface area contributed by atoms with E-state index in [0.717, 1.165) is 29.1 Å². The summed E-state index contributed by atoms with van der Waals surface area (Å²) >= 11 is 5.17. The summed E-state index contributed by atoms with van der Waals surface area (Å²) in [6.07, 6.45) is 0. The molecule has 0 aliphatic carbocycles. The van der Waals surface area contributed by atoms with Crippen LogP contribution in [-0.4, -0.2) is 25.0 Å². The van der Waals surface area contributed by atoms with Crippen LogP contribution in [0.2, 0.25) is 0 Å². The van der Waals surface area contributed by atoms with Gasteiger partial charge in [0.15, 0.2) is 0 Å². The average molecular weight is 343 g/mol. The Balaban J connectivity index is 1.73. The number of nitrogens with one attached hydrogen (secondary N) is 1. The summed E-state index contributed by atoms with van der Waals surface area (Å²) in [7, 11) is 2.08. The van der Waals surface area contributed by atoms with Crippen molar-refractivity contribution in [3.63, 3.8) is 0 Å². The molecular weight excluding hydrogens is 327 g/mol. The maximum atomic E-state index is 13.0. The summed E-state index contributed by atoms with van der Waals surface area (Å²) < 4.78 is 14.2. The van der Waals surface area contributed by atoms with Gasteiger partial charge in [-0.15, -0.1) is 11.3 Å². The van der Waals surface area contributed by atoms with Crippen LogP contribution in [0.3, 0.4) is 0 Å². The van der Waals surface area contributed by atoms with E-state index in [0.29, 0.717) is 0 Å². The summed E-state index contributed by atoms with van der Waals surface area (Å²) in [6.45, 7) is 2.63. The molecule has 19 heavy (non-hydrogen) atoms. The molecule has 5 heteroatoms. The largest absolute Gasteiger partial charge is 0.384 e. The van der Waals surface area contributed by atoms with Gasteiger partial charge in [-0.05, 0) is 58.2 Å². The third kappa shape index (κ3) is 4.93. The van der Waals surface area contributed by atoms with E-state index in [1.807, 2.05) is 6.07 Å². The quantitative estimate of drug-likeness (QED) is 0.846. The standard InChI is InChI=1S/C14H16BrFN2S/c1-18(9-11-7-14(15)19-10-11)6-5-17-13-4-2-3-12(16)8-13/h2-4,7-8,10,17H,5-6,9H2,1H3. The summed E-state index contributed by atoms with van der Waals surface area (Å²) in [5.74, 6) is -0.207. The molecule has 0 saturated heterocycles. The molecule has 2 rings (SSSR count). The third-order valence-corrected chi connectivity index (χ3v) is 4.27. The van der Waals surface area contributed by atoms with Crippen LogP contribution in [0.15, 0.2) is 39.5 Å². The molecule has 0 bridgehead atoms. The smallest absolute Gasteiger partial charge is 0.125 e. The lowest BCUT2D eigenvalue weighted by molar-refractivity contribution is 0.340. The topological polar surface area (TPSA) is 15.3 Å². The lowest BCUT2D eigenvalue weighted by Gasteiger charge is -2.16. The Morgan fingerprint density at radius 1 is 1.37 bits per heavy atom. The number of thiophene rings is 1. The number of rotatable bonds is 6. The highest BCUT2D eigenvalue weighted by atomic mass is 79.9. The Hall–Kier alpha value is -0.910. The molecule has 0 fully saturated rings. The van der Waals surface area contributed by atoms with E-state index < -0.39 is 0 Å². The Morgan fingerprint density at radius 2 is 2.21 bits per heavy atom. The average Bonchev–Trinajstić information content (AvgIpc) is 2.75. The second kappa shape index (κ2) is 7.03. The van der Waals surface area contributed by atoms with Crippen molar-refractivity contribution in [1.29, 1.82) is 0 Å². The van der Waals surface area contributed by atoms with Crippen LogP contribution in [0.25, 0.3) is 0 Å². The first-order chi connectivity index (χ1) is 9.13. The number of benzene rings is 1. The molecule has 1 heterocycles. The molecule has 1 aromatic heterocycles. The predicted molar refractivity (Wildman–Crippen MR) is 83.2 cm³/mol. The lowest BCUT2D eigenvalue weighted by atomic mass is 10.3. The fourth-order valence-electron chi connectivity index (χ4n) is 1.81. The molecule has 2 nitrogen and oxygen atoms in total. The first-order valence-electron chi connectivity index (χ1n) is 6.04. The van der Waals surface area contributed by atoms with E-state index >= 15 is 0 Å². The van der Waals surface area contributed by atoms with E-state index in [-0.39, 0.29) is 5.82 Å². The van der Waals surface area contributed by atoms with E-state index in [9.17, 15) is 4.39 Å². The molecule has 1 N–H and O–H groups in total. The van der Waals surface area contributed by atoms with Gasteiger partial charge in [0.05, 0.1) is 3.79 Å². The zero-order valence-electron chi connectivity index (χ0n) is 10.7. The first-order valence-corrected chi connectivity index (χ1v) is 7.71. The van der Waals surface area contributed by atoms with Crippen LogP contribution in [0.1, 0.15) is 5.56 Å². The molecule has 1 aromatic carbocycles. The van der Waals surface area contributed by atoms with Gasteiger partial charge in [0.2, 0.25) is 0 Å². The van der Waals surface area contributed by atoms with Crippen molar-refractivity contribution in [2.24, 2.45) is 0 Å². The van der Waals surface area contributed by atoms with Crippen LogP contribution in [0.5, 0.6) is 0 Å². The summed E-state index contributed by atoms with van der Waals surface area (Å²) in [4.78, 5) is 2.24. The Morgan fingerprint density at radius 3 is 2.89 bits per heavy atom. The van der Waals surface area contributed by atoms with Crippen LogP contribution < -0.4 is 5.32 Å². The Labute approximate surface area is 125 Å². The molecular formula is C14H16BrFN2S. The van der Waals surface area contributed by atoms with Gasteiger partial charge in [-0.3, -0.25) is 0 Å². The molecule has 0 amide bonds. The SMILES string of the molecule is CN(CCNc1cccc(F)c1)Cc1csc(Br)c1. The van der Waals surface area contributed by atoms with Crippen LogP contribution in [-0.2, 0) is 6.54 Å². The van der Waals surface area contributed by atoms with Crippen molar-refractivity contribution < 1.29 is 4.39 Å². The molecule has 0 saturated carbocycles. The highest BCUT2D eigenvalue weighted by molar-refractivity contribution is 9.11. The maximum Gasteiger partial charge on any atom is 0.125 e. The lowest BCUT2D eigenvalue weighted by Crippen LogP contribution is -2.24. The van der Waals surface area contributed by atoms with Gasteiger partial charge in [0.25, 0.3) is 0 Å². The fourth-order valence-corrected chi connectivity index (χ4v) is 3.01. The van der Waals surface area contributed by atoms with E-state index in [4.69, 9.17) is 0 Å². The van der Waals surface area contributed by atoms with Crippen molar-refractivity contribution in [3.05, 3.63) is 50.9 Å². The molecule has 0 aliphatic rings. The maximum absolute atomic E-state index is 13.0. The van der Waals surface area contributed by atoms with Crippen LogP contribution in [0.4, 0.5) is 10.1 Å². The van der Waals surface area contributed by atoms with Crippen molar-refractivity contribution >= 4 is 33.0 Å². The number of hydrogen-bond acceptors (Lipinski definition) is 3. The van der Waals surface area contributed by atoms with Crippen molar-refractivity contribution in [1.82, 2.24) is 4.90 Å². The van der Waals surface area contributed by atoms with Gasteiger partial charge >= 0.3 is 0 Å². The van der Waals surface area contributed by atoms with Crippen LogP contribution >= 0.6 is 27.3 Å². The van der Waals surface area contributed by atoms with Gasteiger partial charge in [-0.2, -0.15) is 0 Å².